The van der Waals surface area contributed by atoms with Crippen LogP contribution in [0.1, 0.15) is 46.0 Å². The smallest absolute Gasteiger partial charge is 0.319 e. The molecular formula is C21H33ClN4O. The molecule has 2 saturated heterocycles. The first kappa shape index (κ1) is 20.3. The lowest BCUT2D eigenvalue weighted by molar-refractivity contribution is 0.180. The molecule has 6 heteroatoms. The predicted molar refractivity (Wildman–Crippen MR) is 114 cm³/mol. The van der Waals surface area contributed by atoms with E-state index >= 15 is 0 Å². The molecule has 1 aromatic carbocycles. The van der Waals surface area contributed by atoms with Gasteiger partial charge in [-0.15, -0.1) is 0 Å². The van der Waals surface area contributed by atoms with E-state index < -0.39 is 0 Å². The summed E-state index contributed by atoms with van der Waals surface area (Å²) in [6, 6.07) is 5.93. The van der Waals surface area contributed by atoms with E-state index in [1.54, 1.807) is 0 Å². The van der Waals surface area contributed by atoms with Gasteiger partial charge in [0.2, 0.25) is 0 Å². The second-order valence-corrected chi connectivity index (χ2v) is 8.69. The molecule has 150 valence electrons. The van der Waals surface area contributed by atoms with E-state index in [0.29, 0.717) is 10.9 Å². The van der Waals surface area contributed by atoms with Crippen LogP contribution in [0.5, 0.6) is 0 Å². The molecular weight excluding hydrogens is 360 g/mol. The van der Waals surface area contributed by atoms with Gasteiger partial charge in [0.25, 0.3) is 0 Å². The highest BCUT2D eigenvalue weighted by atomic mass is 35.5. The highest BCUT2D eigenvalue weighted by Gasteiger charge is 2.21. The standard InChI is InChI=1S/C21H33ClN4O/c1-16(2)15-25-12-8-17(9-13-25)23-21(27)24-18-6-7-20(19(22)14-18)26-10-4-3-5-11-26/h6-7,14,16-17H,3-5,8-13,15H2,1-2H3,(H2,23,24,27). The Labute approximate surface area is 168 Å². The third-order valence-electron chi connectivity index (χ3n) is 5.45. The molecule has 0 unspecified atom stereocenters. The van der Waals surface area contributed by atoms with Crippen LogP contribution in [0.3, 0.4) is 0 Å². The number of urea groups is 1. The Morgan fingerprint density at radius 2 is 1.85 bits per heavy atom. The minimum atomic E-state index is -0.140. The molecule has 27 heavy (non-hydrogen) atoms. The summed E-state index contributed by atoms with van der Waals surface area (Å²) in [5, 5.41) is 6.75. The number of rotatable bonds is 5. The number of carbonyl (C=O) groups excluding carboxylic acids is 1. The summed E-state index contributed by atoms with van der Waals surface area (Å²) in [7, 11) is 0. The third kappa shape index (κ3) is 6.01. The van der Waals surface area contributed by atoms with Crippen LogP contribution in [0.2, 0.25) is 5.02 Å². The van der Waals surface area contributed by atoms with Gasteiger partial charge in [0, 0.05) is 44.5 Å². The van der Waals surface area contributed by atoms with Crippen molar-refractivity contribution in [3.63, 3.8) is 0 Å². The average Bonchev–Trinajstić information content (AvgIpc) is 2.64. The minimum absolute atomic E-state index is 0.140. The first-order chi connectivity index (χ1) is 13.0. The van der Waals surface area contributed by atoms with Gasteiger partial charge < -0.3 is 20.4 Å². The first-order valence-corrected chi connectivity index (χ1v) is 10.7. The van der Waals surface area contributed by atoms with Crippen LogP contribution in [0.15, 0.2) is 18.2 Å². The average molecular weight is 393 g/mol. The Kier molecular flexibility index (Phi) is 7.25. The quantitative estimate of drug-likeness (QED) is 0.771. The van der Waals surface area contributed by atoms with E-state index in [2.05, 4.69) is 34.3 Å². The molecule has 3 rings (SSSR count). The fourth-order valence-corrected chi connectivity index (χ4v) is 4.40. The summed E-state index contributed by atoms with van der Waals surface area (Å²) in [5.74, 6) is 0.690. The van der Waals surface area contributed by atoms with Crippen molar-refractivity contribution in [2.75, 3.05) is 42.9 Å². The minimum Gasteiger partial charge on any atom is -0.370 e. The molecule has 2 heterocycles. The van der Waals surface area contributed by atoms with E-state index in [-0.39, 0.29) is 12.1 Å². The van der Waals surface area contributed by atoms with Crippen molar-refractivity contribution in [3.05, 3.63) is 23.2 Å². The summed E-state index contributed by atoms with van der Waals surface area (Å²) in [6.07, 6.45) is 5.75. The van der Waals surface area contributed by atoms with Gasteiger partial charge >= 0.3 is 6.03 Å². The Bertz CT molecular complexity index is 623. The van der Waals surface area contributed by atoms with Crippen molar-refractivity contribution >= 4 is 29.0 Å². The Morgan fingerprint density at radius 1 is 1.15 bits per heavy atom. The van der Waals surface area contributed by atoms with Crippen LogP contribution in [0, 0.1) is 5.92 Å². The number of nitrogens with zero attached hydrogens (tertiary/aromatic N) is 2. The number of hydrogen-bond acceptors (Lipinski definition) is 3. The van der Waals surface area contributed by atoms with Crippen molar-refractivity contribution < 1.29 is 4.79 Å². The SMILES string of the molecule is CC(C)CN1CCC(NC(=O)Nc2ccc(N3CCCCC3)c(Cl)c2)CC1. The fourth-order valence-electron chi connectivity index (χ4n) is 4.10. The summed E-state index contributed by atoms with van der Waals surface area (Å²) in [5.41, 5.74) is 1.82. The molecule has 0 radical (unpaired) electrons. The summed E-state index contributed by atoms with van der Waals surface area (Å²) < 4.78 is 0. The van der Waals surface area contributed by atoms with Gasteiger partial charge in [0.1, 0.15) is 0 Å². The molecule has 2 N–H and O–H groups in total. The molecule has 1 aromatic rings. The Morgan fingerprint density at radius 3 is 2.48 bits per heavy atom. The van der Waals surface area contributed by atoms with E-state index in [9.17, 15) is 4.79 Å². The van der Waals surface area contributed by atoms with E-state index in [1.807, 2.05) is 18.2 Å². The maximum atomic E-state index is 12.3. The largest absolute Gasteiger partial charge is 0.370 e. The number of halogens is 1. The first-order valence-electron chi connectivity index (χ1n) is 10.4. The van der Waals surface area contributed by atoms with Crippen LogP contribution in [0.4, 0.5) is 16.2 Å². The van der Waals surface area contributed by atoms with Gasteiger partial charge in [-0.05, 0) is 56.2 Å². The lowest BCUT2D eigenvalue weighted by atomic mass is 10.0. The predicted octanol–water partition coefficient (Wildman–Crippen LogP) is 4.57. The molecule has 0 aliphatic carbocycles. The van der Waals surface area contributed by atoms with Gasteiger partial charge in [-0.3, -0.25) is 0 Å². The lowest BCUT2D eigenvalue weighted by Crippen LogP contribution is -2.46. The van der Waals surface area contributed by atoms with Crippen molar-refractivity contribution in [1.29, 1.82) is 0 Å². The lowest BCUT2D eigenvalue weighted by Gasteiger charge is -2.33. The van der Waals surface area contributed by atoms with Gasteiger partial charge in [-0.1, -0.05) is 25.4 Å². The fraction of sp³-hybridized carbons (Fsp3) is 0.667. The second kappa shape index (κ2) is 9.65. The van der Waals surface area contributed by atoms with Crippen LogP contribution in [-0.2, 0) is 0 Å². The molecule has 2 aliphatic rings. The van der Waals surface area contributed by atoms with Gasteiger partial charge in [0.15, 0.2) is 0 Å². The summed E-state index contributed by atoms with van der Waals surface area (Å²) in [4.78, 5) is 17.2. The molecule has 2 aliphatic heterocycles. The maximum Gasteiger partial charge on any atom is 0.319 e. The highest BCUT2D eigenvalue weighted by molar-refractivity contribution is 6.33. The van der Waals surface area contributed by atoms with Crippen LogP contribution >= 0.6 is 11.6 Å². The van der Waals surface area contributed by atoms with Crippen molar-refractivity contribution in [1.82, 2.24) is 10.2 Å². The molecule has 0 spiro atoms. The zero-order valence-electron chi connectivity index (χ0n) is 16.6. The number of anilines is 2. The number of likely N-dealkylation sites (tertiary alicyclic amines) is 1. The van der Waals surface area contributed by atoms with Gasteiger partial charge in [-0.2, -0.15) is 0 Å². The molecule has 0 bridgehead atoms. The second-order valence-electron chi connectivity index (χ2n) is 8.28. The number of hydrogen-bond donors (Lipinski definition) is 2. The molecule has 0 aromatic heterocycles. The number of carbonyl (C=O) groups is 1. The molecule has 0 atom stereocenters. The van der Waals surface area contributed by atoms with Crippen LogP contribution in [0.25, 0.3) is 0 Å². The van der Waals surface area contributed by atoms with Crippen LogP contribution < -0.4 is 15.5 Å². The molecule has 2 amide bonds. The molecule has 0 saturated carbocycles. The van der Waals surface area contributed by atoms with Gasteiger partial charge in [-0.25, -0.2) is 4.79 Å². The zero-order valence-corrected chi connectivity index (χ0v) is 17.4. The Hall–Kier alpha value is -1.46. The molecule has 5 nitrogen and oxygen atoms in total. The third-order valence-corrected chi connectivity index (χ3v) is 5.75. The Balaban J connectivity index is 1.47. The maximum absolute atomic E-state index is 12.3. The van der Waals surface area contributed by atoms with Crippen LogP contribution in [-0.4, -0.2) is 49.7 Å². The number of amides is 2. The summed E-state index contributed by atoms with van der Waals surface area (Å²) in [6.45, 7) is 9.86. The summed E-state index contributed by atoms with van der Waals surface area (Å²) >= 11 is 6.48. The van der Waals surface area contributed by atoms with Crippen molar-refractivity contribution in [3.8, 4) is 0 Å². The monoisotopic (exact) mass is 392 g/mol. The van der Waals surface area contributed by atoms with E-state index in [0.717, 1.165) is 56.9 Å². The normalized spacial score (nSPS) is 19.3. The van der Waals surface area contributed by atoms with Gasteiger partial charge in [0.05, 0.1) is 10.7 Å². The van der Waals surface area contributed by atoms with E-state index in [4.69, 9.17) is 11.6 Å². The molecule has 2 fully saturated rings. The topological polar surface area (TPSA) is 47.6 Å². The zero-order chi connectivity index (χ0) is 19.2. The van der Waals surface area contributed by atoms with Crippen molar-refractivity contribution in [2.24, 2.45) is 5.92 Å². The number of piperidine rings is 2. The van der Waals surface area contributed by atoms with E-state index in [1.165, 1.54) is 19.3 Å². The number of nitrogens with one attached hydrogen (secondary N) is 2. The highest BCUT2D eigenvalue weighted by Crippen LogP contribution is 2.30. The van der Waals surface area contributed by atoms with Crippen molar-refractivity contribution in [2.45, 2.75) is 52.0 Å². The number of benzene rings is 1.